The van der Waals surface area contributed by atoms with Crippen LogP contribution in [-0.4, -0.2) is 18.6 Å². The molecule has 3 nitrogen and oxygen atoms in total. The molecular formula is C16H23NO2. The summed E-state index contributed by atoms with van der Waals surface area (Å²) in [4.78, 5) is 11.5. The quantitative estimate of drug-likeness (QED) is 0.730. The molecule has 0 unspecified atom stereocenters. The van der Waals surface area contributed by atoms with Crippen molar-refractivity contribution in [2.24, 2.45) is 0 Å². The highest BCUT2D eigenvalue weighted by atomic mass is 16.5. The lowest BCUT2D eigenvalue weighted by atomic mass is 10.1. The van der Waals surface area contributed by atoms with Crippen LogP contribution in [0.5, 0.6) is 5.75 Å². The third-order valence-corrected chi connectivity index (χ3v) is 3.30. The zero-order valence-corrected chi connectivity index (χ0v) is 11.7. The molecule has 1 aliphatic carbocycles. The van der Waals surface area contributed by atoms with E-state index in [0.717, 1.165) is 25.0 Å². The normalized spacial score (nSPS) is 14.2. The topological polar surface area (TPSA) is 38.3 Å². The van der Waals surface area contributed by atoms with Crippen LogP contribution in [0.3, 0.4) is 0 Å². The molecule has 1 aromatic carbocycles. The number of carbonyl (C=O) groups is 1. The predicted molar refractivity (Wildman–Crippen MR) is 76.3 cm³/mol. The molecule has 1 aromatic rings. The maximum atomic E-state index is 11.5. The lowest BCUT2D eigenvalue weighted by Crippen LogP contribution is -2.30. The number of unbranched alkanes of at least 4 members (excludes halogenated alkanes) is 2. The number of ether oxygens (including phenoxy) is 1. The number of amides is 1. The van der Waals surface area contributed by atoms with Gasteiger partial charge in [-0.1, -0.05) is 31.9 Å². The van der Waals surface area contributed by atoms with Crippen molar-refractivity contribution in [1.82, 2.24) is 5.32 Å². The largest absolute Gasteiger partial charge is 0.484 e. The molecule has 0 aromatic heterocycles. The number of hydrogen-bond acceptors (Lipinski definition) is 2. The standard InChI is InChI=1S/C16H23NO2/c1-2-3-4-5-13-6-10-15(11-7-13)19-12-16(18)17-14-8-9-14/h6-7,10-11,14H,2-5,8-9,12H2,1H3,(H,17,18). The van der Waals surface area contributed by atoms with Crippen LogP contribution in [-0.2, 0) is 11.2 Å². The van der Waals surface area contributed by atoms with Gasteiger partial charge in [-0.25, -0.2) is 0 Å². The summed E-state index contributed by atoms with van der Waals surface area (Å²) in [7, 11) is 0. The Bertz CT molecular complexity index is 396. The molecule has 0 saturated heterocycles. The van der Waals surface area contributed by atoms with Crippen LogP contribution in [0.15, 0.2) is 24.3 Å². The fraction of sp³-hybridized carbons (Fsp3) is 0.562. The van der Waals surface area contributed by atoms with E-state index in [1.807, 2.05) is 12.1 Å². The molecule has 2 rings (SSSR count). The number of rotatable bonds is 8. The van der Waals surface area contributed by atoms with E-state index in [-0.39, 0.29) is 12.5 Å². The summed E-state index contributed by atoms with van der Waals surface area (Å²) in [6, 6.07) is 8.47. The van der Waals surface area contributed by atoms with Gasteiger partial charge >= 0.3 is 0 Å². The Morgan fingerprint density at radius 3 is 2.63 bits per heavy atom. The van der Waals surface area contributed by atoms with Gasteiger partial charge in [0.1, 0.15) is 5.75 Å². The molecule has 0 atom stereocenters. The van der Waals surface area contributed by atoms with E-state index in [1.54, 1.807) is 0 Å². The van der Waals surface area contributed by atoms with Crippen LogP contribution in [0.25, 0.3) is 0 Å². The van der Waals surface area contributed by atoms with Crippen molar-refractivity contribution in [3.05, 3.63) is 29.8 Å². The molecule has 1 N–H and O–H groups in total. The summed E-state index contributed by atoms with van der Waals surface area (Å²) >= 11 is 0. The van der Waals surface area contributed by atoms with Crippen molar-refractivity contribution in [3.63, 3.8) is 0 Å². The van der Waals surface area contributed by atoms with Gasteiger partial charge in [-0.3, -0.25) is 4.79 Å². The van der Waals surface area contributed by atoms with Gasteiger partial charge in [-0.15, -0.1) is 0 Å². The number of benzene rings is 1. The average Bonchev–Trinajstić information content (AvgIpc) is 3.22. The third-order valence-electron chi connectivity index (χ3n) is 3.30. The van der Waals surface area contributed by atoms with Gasteiger partial charge in [0, 0.05) is 6.04 Å². The molecule has 0 aliphatic heterocycles. The van der Waals surface area contributed by atoms with Crippen molar-refractivity contribution < 1.29 is 9.53 Å². The molecule has 1 aliphatic rings. The molecule has 1 saturated carbocycles. The highest BCUT2D eigenvalue weighted by molar-refractivity contribution is 5.78. The van der Waals surface area contributed by atoms with Crippen LogP contribution in [0.2, 0.25) is 0 Å². The average molecular weight is 261 g/mol. The monoisotopic (exact) mass is 261 g/mol. The minimum atomic E-state index is -0.0190. The Morgan fingerprint density at radius 1 is 1.26 bits per heavy atom. The summed E-state index contributed by atoms with van der Waals surface area (Å²) in [6.45, 7) is 2.33. The van der Waals surface area contributed by atoms with E-state index in [4.69, 9.17) is 4.74 Å². The van der Waals surface area contributed by atoms with Gasteiger partial charge in [-0.05, 0) is 43.4 Å². The molecule has 3 heteroatoms. The highest BCUT2D eigenvalue weighted by Gasteiger charge is 2.23. The first-order chi connectivity index (χ1) is 9.28. The molecule has 1 amide bonds. The molecule has 0 bridgehead atoms. The lowest BCUT2D eigenvalue weighted by molar-refractivity contribution is -0.123. The Morgan fingerprint density at radius 2 is 2.00 bits per heavy atom. The third kappa shape index (κ3) is 5.33. The van der Waals surface area contributed by atoms with E-state index in [1.165, 1.54) is 24.8 Å². The molecular weight excluding hydrogens is 238 g/mol. The van der Waals surface area contributed by atoms with Gasteiger partial charge in [0.15, 0.2) is 6.61 Å². The van der Waals surface area contributed by atoms with Gasteiger partial charge in [-0.2, -0.15) is 0 Å². The van der Waals surface area contributed by atoms with Crippen molar-refractivity contribution in [1.29, 1.82) is 0 Å². The first-order valence-corrected chi connectivity index (χ1v) is 7.29. The second-order valence-electron chi connectivity index (χ2n) is 5.23. The first-order valence-electron chi connectivity index (χ1n) is 7.29. The lowest BCUT2D eigenvalue weighted by Gasteiger charge is -2.07. The maximum Gasteiger partial charge on any atom is 0.258 e. The molecule has 0 spiro atoms. The first kappa shape index (κ1) is 13.9. The van der Waals surface area contributed by atoms with Crippen molar-refractivity contribution in [3.8, 4) is 5.75 Å². The van der Waals surface area contributed by atoms with Crippen molar-refractivity contribution in [2.75, 3.05) is 6.61 Å². The fourth-order valence-corrected chi connectivity index (χ4v) is 1.98. The van der Waals surface area contributed by atoms with Crippen LogP contribution in [0.4, 0.5) is 0 Å². The highest BCUT2D eigenvalue weighted by Crippen LogP contribution is 2.18. The zero-order valence-electron chi connectivity index (χ0n) is 11.7. The minimum Gasteiger partial charge on any atom is -0.484 e. The Balaban J connectivity index is 1.69. The van der Waals surface area contributed by atoms with E-state index in [0.29, 0.717) is 6.04 Å². The summed E-state index contributed by atoms with van der Waals surface area (Å²) < 4.78 is 5.47. The smallest absolute Gasteiger partial charge is 0.258 e. The second kappa shape index (κ2) is 7.17. The Labute approximate surface area is 115 Å². The van der Waals surface area contributed by atoms with Gasteiger partial charge in [0.05, 0.1) is 0 Å². The Hall–Kier alpha value is -1.51. The van der Waals surface area contributed by atoms with Crippen molar-refractivity contribution >= 4 is 5.91 Å². The summed E-state index contributed by atoms with van der Waals surface area (Å²) in [5, 5.41) is 2.91. The van der Waals surface area contributed by atoms with Crippen LogP contribution in [0, 0.1) is 0 Å². The molecule has 0 heterocycles. The number of carbonyl (C=O) groups excluding carboxylic acids is 1. The summed E-state index contributed by atoms with van der Waals surface area (Å²) in [6.07, 6.45) is 7.10. The molecule has 19 heavy (non-hydrogen) atoms. The summed E-state index contributed by atoms with van der Waals surface area (Å²) in [5.74, 6) is 0.750. The van der Waals surface area contributed by atoms with Crippen LogP contribution < -0.4 is 10.1 Å². The number of nitrogens with one attached hydrogen (secondary N) is 1. The molecule has 104 valence electrons. The van der Waals surface area contributed by atoms with Crippen molar-refractivity contribution in [2.45, 2.75) is 51.5 Å². The molecule has 1 fully saturated rings. The zero-order chi connectivity index (χ0) is 13.5. The van der Waals surface area contributed by atoms with E-state index in [2.05, 4.69) is 24.4 Å². The van der Waals surface area contributed by atoms with Crippen LogP contribution >= 0.6 is 0 Å². The maximum absolute atomic E-state index is 11.5. The number of aryl methyl sites for hydroxylation is 1. The minimum absolute atomic E-state index is 0.0190. The van der Waals surface area contributed by atoms with Gasteiger partial charge < -0.3 is 10.1 Å². The van der Waals surface area contributed by atoms with Gasteiger partial charge in [0.2, 0.25) is 0 Å². The SMILES string of the molecule is CCCCCc1ccc(OCC(=O)NC2CC2)cc1. The number of hydrogen-bond donors (Lipinski definition) is 1. The Kier molecular flexibility index (Phi) is 5.25. The van der Waals surface area contributed by atoms with E-state index in [9.17, 15) is 4.79 Å². The summed E-state index contributed by atoms with van der Waals surface area (Å²) in [5.41, 5.74) is 1.34. The second-order valence-corrected chi connectivity index (χ2v) is 5.23. The van der Waals surface area contributed by atoms with Crippen LogP contribution in [0.1, 0.15) is 44.6 Å². The fourth-order valence-electron chi connectivity index (χ4n) is 1.98. The van der Waals surface area contributed by atoms with E-state index < -0.39 is 0 Å². The predicted octanol–water partition coefficient (Wildman–Crippen LogP) is 3.08. The molecule has 0 radical (unpaired) electrons. The van der Waals surface area contributed by atoms with E-state index >= 15 is 0 Å². The van der Waals surface area contributed by atoms with Gasteiger partial charge in [0.25, 0.3) is 5.91 Å².